The molecule has 0 radical (unpaired) electrons. The molecule has 6 heteroatoms. The Bertz CT molecular complexity index is 905. The molecule has 1 fully saturated rings. The summed E-state index contributed by atoms with van der Waals surface area (Å²) in [6.45, 7) is 2.00. The van der Waals surface area contributed by atoms with Gasteiger partial charge in [-0.15, -0.1) is 0 Å². The van der Waals surface area contributed by atoms with E-state index >= 15 is 0 Å². The Labute approximate surface area is 133 Å². The molecule has 0 aliphatic carbocycles. The summed E-state index contributed by atoms with van der Waals surface area (Å²) in [6, 6.07) is 7.98. The number of hydrogen-bond acceptors (Lipinski definition) is 4. The second kappa shape index (κ2) is 5.53. The minimum atomic E-state index is -0.213. The number of benzene rings is 1. The van der Waals surface area contributed by atoms with Crippen molar-refractivity contribution in [3.8, 4) is 11.3 Å². The van der Waals surface area contributed by atoms with Crippen molar-refractivity contribution in [2.24, 2.45) is 7.05 Å². The van der Waals surface area contributed by atoms with Gasteiger partial charge in [-0.1, -0.05) is 6.07 Å². The van der Waals surface area contributed by atoms with Gasteiger partial charge in [-0.2, -0.15) is 10.1 Å². The topological polar surface area (TPSA) is 66.8 Å². The number of rotatable bonds is 2. The number of hydrogen-bond donors (Lipinski definition) is 1. The lowest BCUT2D eigenvalue weighted by Gasteiger charge is -2.30. The third-order valence-corrected chi connectivity index (χ3v) is 4.53. The maximum Gasteiger partial charge on any atom is 0.349 e. The Morgan fingerprint density at radius 3 is 2.78 bits per heavy atom. The van der Waals surface area contributed by atoms with E-state index in [-0.39, 0.29) is 5.69 Å². The van der Waals surface area contributed by atoms with E-state index in [9.17, 15) is 4.79 Å². The summed E-state index contributed by atoms with van der Waals surface area (Å²) < 4.78 is 1.64. The van der Waals surface area contributed by atoms with Crippen molar-refractivity contribution in [3.63, 3.8) is 0 Å². The van der Waals surface area contributed by atoms with Crippen LogP contribution in [0.3, 0.4) is 0 Å². The Kier molecular flexibility index (Phi) is 3.37. The number of aromatic nitrogens is 4. The van der Waals surface area contributed by atoms with Gasteiger partial charge in [-0.25, -0.2) is 4.79 Å². The average Bonchev–Trinajstić information content (AvgIpc) is 3.05. The maximum absolute atomic E-state index is 12.3. The van der Waals surface area contributed by atoms with E-state index in [1.165, 1.54) is 19.3 Å². The van der Waals surface area contributed by atoms with Crippen LogP contribution in [0.4, 0.5) is 5.82 Å². The molecule has 0 spiro atoms. The predicted octanol–water partition coefficient (Wildman–Crippen LogP) is 2.31. The molecule has 23 heavy (non-hydrogen) atoms. The van der Waals surface area contributed by atoms with Gasteiger partial charge in [-0.3, -0.25) is 9.67 Å². The minimum Gasteiger partial charge on any atom is -0.358 e. The summed E-state index contributed by atoms with van der Waals surface area (Å²) >= 11 is 0. The van der Waals surface area contributed by atoms with Crippen molar-refractivity contribution in [2.45, 2.75) is 19.3 Å². The Balaban J connectivity index is 1.81. The lowest BCUT2D eigenvalue weighted by atomic mass is 10.1. The minimum absolute atomic E-state index is 0.213. The number of H-pyrrole nitrogens is 1. The van der Waals surface area contributed by atoms with Gasteiger partial charge < -0.3 is 4.90 Å². The van der Waals surface area contributed by atoms with Gasteiger partial charge in [0.05, 0.1) is 17.4 Å². The van der Waals surface area contributed by atoms with Crippen molar-refractivity contribution in [3.05, 3.63) is 40.9 Å². The van der Waals surface area contributed by atoms with E-state index in [4.69, 9.17) is 0 Å². The molecule has 3 aromatic rings. The molecule has 1 aromatic carbocycles. The molecule has 1 saturated heterocycles. The summed E-state index contributed by atoms with van der Waals surface area (Å²) in [5.41, 5.74) is 2.43. The Morgan fingerprint density at radius 2 is 1.96 bits per heavy atom. The largest absolute Gasteiger partial charge is 0.358 e. The highest BCUT2D eigenvalue weighted by Gasteiger charge is 2.16. The van der Waals surface area contributed by atoms with E-state index in [0.717, 1.165) is 41.1 Å². The first-order chi connectivity index (χ1) is 11.2. The quantitative estimate of drug-likeness (QED) is 0.789. The summed E-state index contributed by atoms with van der Waals surface area (Å²) in [5, 5.41) is 7.99. The third kappa shape index (κ3) is 2.50. The molecule has 3 heterocycles. The lowest BCUT2D eigenvalue weighted by molar-refractivity contribution is 0.562. The van der Waals surface area contributed by atoms with Crippen LogP contribution in [0.15, 0.2) is 35.3 Å². The van der Waals surface area contributed by atoms with Gasteiger partial charge >= 0.3 is 5.69 Å². The van der Waals surface area contributed by atoms with E-state index in [0.29, 0.717) is 0 Å². The van der Waals surface area contributed by atoms with E-state index < -0.39 is 0 Å². The number of nitrogens with one attached hydrogen (secondary N) is 1. The molecule has 1 aliphatic rings. The Morgan fingerprint density at radius 1 is 1.13 bits per heavy atom. The first-order valence-electron chi connectivity index (χ1n) is 7.99. The van der Waals surface area contributed by atoms with Crippen molar-refractivity contribution in [1.82, 2.24) is 19.7 Å². The van der Waals surface area contributed by atoms with Crippen molar-refractivity contribution in [2.75, 3.05) is 18.0 Å². The predicted molar refractivity (Wildman–Crippen MR) is 90.6 cm³/mol. The molecule has 1 aliphatic heterocycles. The van der Waals surface area contributed by atoms with Crippen LogP contribution in [-0.2, 0) is 7.05 Å². The van der Waals surface area contributed by atoms with E-state index in [1.54, 1.807) is 17.8 Å². The van der Waals surface area contributed by atoms with Crippen LogP contribution in [-0.4, -0.2) is 32.8 Å². The summed E-state index contributed by atoms with van der Waals surface area (Å²) in [5.74, 6) is 0.951. The van der Waals surface area contributed by atoms with Crippen LogP contribution in [0.5, 0.6) is 0 Å². The summed E-state index contributed by atoms with van der Waals surface area (Å²) in [7, 11) is 1.79. The number of anilines is 1. The van der Waals surface area contributed by atoms with Crippen molar-refractivity contribution >= 4 is 16.7 Å². The zero-order valence-electron chi connectivity index (χ0n) is 13.1. The molecule has 0 bridgehead atoms. The fraction of sp³-hybridized carbons (Fsp3) is 0.353. The summed E-state index contributed by atoms with van der Waals surface area (Å²) in [4.78, 5) is 18.8. The molecule has 0 atom stereocenters. The molecule has 0 saturated carbocycles. The molecule has 1 N–H and O–H groups in total. The van der Waals surface area contributed by atoms with E-state index in [2.05, 4.69) is 20.1 Å². The number of nitrogens with zero attached hydrogens (tertiary/aromatic N) is 4. The molecule has 0 amide bonds. The van der Waals surface area contributed by atoms with Crippen LogP contribution >= 0.6 is 0 Å². The van der Waals surface area contributed by atoms with Gasteiger partial charge in [0, 0.05) is 37.2 Å². The van der Waals surface area contributed by atoms with Crippen LogP contribution < -0.4 is 10.6 Å². The Hall–Kier alpha value is -2.63. The first-order valence-corrected chi connectivity index (χ1v) is 7.99. The van der Waals surface area contributed by atoms with Crippen molar-refractivity contribution < 1.29 is 0 Å². The van der Waals surface area contributed by atoms with Gasteiger partial charge in [-0.05, 0) is 31.4 Å². The highest BCUT2D eigenvalue weighted by Crippen LogP contribution is 2.25. The standard InChI is InChI=1S/C17H19N5O/c1-21-16(22-7-3-2-4-8-22)10-15(19-17(21)23)12-5-6-14-13(9-12)11-18-20-14/h5-6,9-11H,2-4,7-8H2,1H3,(H,18,20). The molecule has 4 rings (SSSR count). The van der Waals surface area contributed by atoms with E-state index in [1.807, 2.05) is 24.3 Å². The van der Waals surface area contributed by atoms with Gasteiger partial charge in [0.25, 0.3) is 0 Å². The second-order valence-corrected chi connectivity index (χ2v) is 6.06. The zero-order chi connectivity index (χ0) is 15.8. The third-order valence-electron chi connectivity index (χ3n) is 4.53. The second-order valence-electron chi connectivity index (χ2n) is 6.06. The smallest absolute Gasteiger partial charge is 0.349 e. The molecule has 6 nitrogen and oxygen atoms in total. The SMILES string of the molecule is Cn1c(N2CCCCC2)cc(-c2ccc3[nH]ncc3c2)nc1=O. The van der Waals surface area contributed by atoms with Crippen LogP contribution in [0.1, 0.15) is 19.3 Å². The average molecular weight is 309 g/mol. The molecule has 0 unspecified atom stereocenters. The normalized spacial score (nSPS) is 15.3. The maximum atomic E-state index is 12.3. The number of aromatic amines is 1. The van der Waals surface area contributed by atoms with Gasteiger partial charge in [0.15, 0.2) is 0 Å². The fourth-order valence-electron chi connectivity index (χ4n) is 3.20. The number of fused-ring (bicyclic) bond motifs is 1. The van der Waals surface area contributed by atoms with Crippen LogP contribution in [0, 0.1) is 0 Å². The highest BCUT2D eigenvalue weighted by molar-refractivity contribution is 5.83. The van der Waals surface area contributed by atoms with Crippen LogP contribution in [0.25, 0.3) is 22.2 Å². The fourth-order valence-corrected chi connectivity index (χ4v) is 3.20. The zero-order valence-corrected chi connectivity index (χ0v) is 13.1. The first kappa shape index (κ1) is 14.0. The van der Waals surface area contributed by atoms with Crippen LogP contribution in [0.2, 0.25) is 0 Å². The molecule has 2 aromatic heterocycles. The molecular weight excluding hydrogens is 290 g/mol. The lowest BCUT2D eigenvalue weighted by Crippen LogP contribution is -2.35. The molecular formula is C17H19N5O. The number of piperidine rings is 1. The molecule has 118 valence electrons. The van der Waals surface area contributed by atoms with Crippen molar-refractivity contribution in [1.29, 1.82) is 0 Å². The monoisotopic (exact) mass is 309 g/mol. The summed E-state index contributed by atoms with van der Waals surface area (Å²) in [6.07, 6.45) is 5.39. The van der Waals surface area contributed by atoms with Gasteiger partial charge in [0.2, 0.25) is 0 Å². The van der Waals surface area contributed by atoms with Gasteiger partial charge in [0.1, 0.15) is 5.82 Å². The highest BCUT2D eigenvalue weighted by atomic mass is 16.1.